The molecule has 0 radical (unpaired) electrons. The summed E-state index contributed by atoms with van der Waals surface area (Å²) in [5.74, 6) is 2.47. The molecule has 1 aliphatic rings. The van der Waals surface area contributed by atoms with Crippen LogP contribution in [-0.2, 0) is 20.7 Å². The minimum absolute atomic E-state index is 0.130. The third-order valence-electron chi connectivity index (χ3n) is 7.26. The molecule has 1 aromatic carbocycles. The summed E-state index contributed by atoms with van der Waals surface area (Å²) in [6.07, 6.45) is 14.4. The lowest BCUT2D eigenvalue weighted by molar-refractivity contribution is -0.105. The number of aldehydes is 1. The first-order valence-corrected chi connectivity index (χ1v) is 13.8. The number of aryl methyl sites for hydroxylation is 1. The minimum atomic E-state index is -0.233. The summed E-state index contributed by atoms with van der Waals surface area (Å²) in [6, 6.07) is 8.93. The SMILES string of the molecule is C=C(C=O)CO.C=C(CO)C(=C)OCC(COC)c1ccc(CCC2CCC(CCCCC)CC2)cc1. The normalized spacial score (nSPS) is 17.7. The van der Waals surface area contributed by atoms with Crippen molar-refractivity contribution in [1.29, 1.82) is 0 Å². The highest BCUT2D eigenvalue weighted by atomic mass is 16.5. The number of carbonyl (C=O) groups is 1. The van der Waals surface area contributed by atoms with E-state index in [4.69, 9.17) is 19.7 Å². The number of hydrogen-bond acceptors (Lipinski definition) is 5. The van der Waals surface area contributed by atoms with Crippen molar-refractivity contribution in [3.05, 3.63) is 72.0 Å². The highest BCUT2D eigenvalue weighted by Gasteiger charge is 2.21. The molecule has 1 aromatic rings. The Hall–Kier alpha value is -2.21. The van der Waals surface area contributed by atoms with Gasteiger partial charge in [-0.1, -0.05) is 102 Å². The fourth-order valence-corrected chi connectivity index (χ4v) is 4.69. The predicted molar refractivity (Wildman–Crippen MR) is 153 cm³/mol. The van der Waals surface area contributed by atoms with Crippen LogP contribution in [0.25, 0.3) is 0 Å². The zero-order valence-corrected chi connectivity index (χ0v) is 23.3. The van der Waals surface area contributed by atoms with E-state index < -0.39 is 0 Å². The van der Waals surface area contributed by atoms with E-state index in [1.807, 2.05) is 0 Å². The fraction of sp³-hybridized carbons (Fsp3) is 0.594. The van der Waals surface area contributed by atoms with E-state index in [2.05, 4.69) is 50.9 Å². The van der Waals surface area contributed by atoms with Gasteiger partial charge in [-0.05, 0) is 35.8 Å². The third kappa shape index (κ3) is 13.8. The topological polar surface area (TPSA) is 76.0 Å². The maximum Gasteiger partial charge on any atom is 0.147 e. The summed E-state index contributed by atoms with van der Waals surface area (Å²) in [5.41, 5.74) is 3.36. The molecule has 37 heavy (non-hydrogen) atoms. The Morgan fingerprint density at radius 1 is 0.973 bits per heavy atom. The van der Waals surface area contributed by atoms with Gasteiger partial charge in [-0.3, -0.25) is 4.79 Å². The van der Waals surface area contributed by atoms with Gasteiger partial charge in [-0.25, -0.2) is 0 Å². The molecule has 0 spiro atoms. The number of ether oxygens (including phenoxy) is 2. The van der Waals surface area contributed by atoms with Crippen molar-refractivity contribution in [2.75, 3.05) is 33.5 Å². The van der Waals surface area contributed by atoms with Crippen LogP contribution < -0.4 is 0 Å². The number of methoxy groups -OCH3 is 1. The van der Waals surface area contributed by atoms with Crippen LogP contribution in [0, 0.1) is 11.8 Å². The van der Waals surface area contributed by atoms with E-state index in [1.54, 1.807) is 7.11 Å². The predicted octanol–water partition coefficient (Wildman–Crippen LogP) is 6.55. The van der Waals surface area contributed by atoms with Crippen molar-refractivity contribution in [2.45, 2.75) is 77.0 Å². The van der Waals surface area contributed by atoms with Crippen LogP contribution in [0.2, 0.25) is 0 Å². The van der Waals surface area contributed by atoms with E-state index in [1.165, 1.54) is 75.3 Å². The van der Waals surface area contributed by atoms with E-state index >= 15 is 0 Å². The van der Waals surface area contributed by atoms with Gasteiger partial charge in [-0.2, -0.15) is 0 Å². The van der Waals surface area contributed by atoms with Gasteiger partial charge in [0.15, 0.2) is 0 Å². The molecule has 208 valence electrons. The lowest BCUT2D eigenvalue weighted by Crippen LogP contribution is -2.15. The van der Waals surface area contributed by atoms with Crippen LogP contribution >= 0.6 is 0 Å². The van der Waals surface area contributed by atoms with Crippen molar-refractivity contribution in [3.63, 3.8) is 0 Å². The second-order valence-electron chi connectivity index (χ2n) is 10.2. The molecule has 0 saturated heterocycles. The summed E-state index contributed by atoms with van der Waals surface area (Å²) in [5, 5.41) is 17.2. The van der Waals surface area contributed by atoms with Crippen molar-refractivity contribution < 1.29 is 24.5 Å². The van der Waals surface area contributed by atoms with Gasteiger partial charge in [0.2, 0.25) is 0 Å². The van der Waals surface area contributed by atoms with Gasteiger partial charge in [0, 0.05) is 24.2 Å². The van der Waals surface area contributed by atoms with Crippen molar-refractivity contribution >= 4 is 6.29 Å². The molecule has 1 saturated carbocycles. The molecule has 0 aliphatic heterocycles. The second-order valence-corrected chi connectivity index (χ2v) is 10.2. The number of aliphatic hydroxyl groups is 2. The maximum absolute atomic E-state index is 9.48. The molecule has 5 heteroatoms. The number of unbranched alkanes of at least 4 members (excludes halogenated alkanes) is 2. The van der Waals surface area contributed by atoms with Gasteiger partial charge in [-0.15, -0.1) is 0 Å². The average molecular weight is 515 g/mol. The van der Waals surface area contributed by atoms with Gasteiger partial charge in [0.1, 0.15) is 12.0 Å². The number of rotatable bonds is 17. The minimum Gasteiger partial charge on any atom is -0.493 e. The average Bonchev–Trinajstić information content (AvgIpc) is 2.94. The zero-order chi connectivity index (χ0) is 27.5. The summed E-state index contributed by atoms with van der Waals surface area (Å²) >= 11 is 0. The van der Waals surface area contributed by atoms with Crippen LogP contribution in [-0.4, -0.2) is 50.0 Å². The Morgan fingerprint density at radius 3 is 2.08 bits per heavy atom. The number of hydrogen-bond donors (Lipinski definition) is 2. The summed E-state index contributed by atoms with van der Waals surface area (Å²) < 4.78 is 11.1. The molecule has 0 amide bonds. The number of carbonyl (C=O) groups excluding carboxylic acids is 1. The molecule has 2 rings (SSSR count). The Balaban J connectivity index is 0.00000102. The number of aliphatic hydroxyl groups excluding tert-OH is 2. The number of benzene rings is 1. The lowest BCUT2D eigenvalue weighted by atomic mass is 9.77. The van der Waals surface area contributed by atoms with Crippen LogP contribution in [0.4, 0.5) is 0 Å². The zero-order valence-electron chi connectivity index (χ0n) is 23.3. The summed E-state index contributed by atoms with van der Waals surface area (Å²) in [4.78, 5) is 9.48. The highest BCUT2D eigenvalue weighted by Crippen LogP contribution is 2.34. The van der Waals surface area contributed by atoms with Gasteiger partial charge < -0.3 is 19.7 Å². The van der Waals surface area contributed by atoms with E-state index in [-0.39, 0.29) is 24.7 Å². The molecule has 0 aromatic heterocycles. The summed E-state index contributed by atoms with van der Waals surface area (Å²) in [7, 11) is 1.71. The van der Waals surface area contributed by atoms with Crippen LogP contribution in [0.1, 0.15) is 81.8 Å². The molecule has 1 aliphatic carbocycles. The molecule has 0 heterocycles. The molecule has 0 bridgehead atoms. The first kappa shape index (κ1) is 32.8. The first-order chi connectivity index (χ1) is 17.9. The second kappa shape index (κ2) is 19.8. The largest absolute Gasteiger partial charge is 0.493 e. The fourth-order valence-electron chi connectivity index (χ4n) is 4.69. The molecule has 2 N–H and O–H groups in total. The first-order valence-electron chi connectivity index (χ1n) is 13.8. The van der Waals surface area contributed by atoms with Crippen molar-refractivity contribution in [1.82, 2.24) is 0 Å². The molecular formula is C32H50O5. The van der Waals surface area contributed by atoms with Gasteiger partial charge >= 0.3 is 0 Å². The quantitative estimate of drug-likeness (QED) is 0.0811. The monoisotopic (exact) mass is 514 g/mol. The molecule has 5 nitrogen and oxygen atoms in total. The highest BCUT2D eigenvalue weighted by molar-refractivity contribution is 5.72. The van der Waals surface area contributed by atoms with Gasteiger partial charge in [0.05, 0.1) is 26.4 Å². The smallest absolute Gasteiger partial charge is 0.147 e. The Bertz CT molecular complexity index is 790. The van der Waals surface area contributed by atoms with Gasteiger partial charge in [0.25, 0.3) is 0 Å². The van der Waals surface area contributed by atoms with Crippen LogP contribution in [0.15, 0.2) is 60.9 Å². The Labute approximate surface area is 225 Å². The molecular weight excluding hydrogens is 464 g/mol. The lowest BCUT2D eigenvalue weighted by Gasteiger charge is -2.28. The van der Waals surface area contributed by atoms with E-state index in [9.17, 15) is 4.79 Å². The molecule has 1 fully saturated rings. The van der Waals surface area contributed by atoms with E-state index in [0.717, 1.165) is 11.8 Å². The third-order valence-corrected chi connectivity index (χ3v) is 7.26. The standard InChI is InChI=1S/C28H44O3.C4H6O2/c1-5-6-7-8-24-9-11-25(12-10-24)13-14-26-15-17-27(18-16-26)28(20-30-4)21-31-23(3)22(2)19-29;1-4(2-5)3-6/h15-18,24-25,28-29H,2-3,5-14,19-21H2,1,4H3;2,6H,1,3H2. The van der Waals surface area contributed by atoms with E-state index in [0.29, 0.717) is 30.8 Å². The maximum atomic E-state index is 9.48. The molecule has 1 atom stereocenters. The Kier molecular flexibility index (Phi) is 17.6. The molecule has 1 unspecified atom stereocenters. The van der Waals surface area contributed by atoms with Crippen molar-refractivity contribution in [3.8, 4) is 0 Å². The van der Waals surface area contributed by atoms with Crippen molar-refractivity contribution in [2.24, 2.45) is 11.8 Å². The van der Waals surface area contributed by atoms with Crippen LogP contribution in [0.5, 0.6) is 0 Å². The summed E-state index contributed by atoms with van der Waals surface area (Å²) in [6.45, 7) is 13.7. The Morgan fingerprint density at radius 2 is 1.59 bits per heavy atom. The van der Waals surface area contributed by atoms with Crippen LogP contribution in [0.3, 0.4) is 0 Å².